The number of unbranched alkanes of at least 4 members (excludes halogenated alkanes) is 3. The molecule has 0 radical (unpaired) electrons. The number of rotatable bonds is 9. The van der Waals surface area contributed by atoms with E-state index in [-0.39, 0.29) is 11.9 Å². The van der Waals surface area contributed by atoms with E-state index < -0.39 is 0 Å². The van der Waals surface area contributed by atoms with Crippen molar-refractivity contribution in [1.82, 2.24) is 0 Å². The third kappa shape index (κ3) is 5.11. The van der Waals surface area contributed by atoms with Gasteiger partial charge in [-0.3, -0.25) is 5.41 Å². The summed E-state index contributed by atoms with van der Waals surface area (Å²) in [6, 6.07) is 5.34. The van der Waals surface area contributed by atoms with Gasteiger partial charge in [-0.15, -0.1) is 0 Å². The van der Waals surface area contributed by atoms with Gasteiger partial charge in [0.25, 0.3) is 0 Å². The summed E-state index contributed by atoms with van der Waals surface area (Å²) in [6.45, 7) is 4.25. The highest BCUT2D eigenvalue weighted by atomic mass is 16.5. The molecular formula is C16H26N2O2. The number of benzene rings is 1. The molecule has 1 atom stereocenters. The van der Waals surface area contributed by atoms with Crippen molar-refractivity contribution in [3.63, 3.8) is 0 Å². The number of hydrogen-bond acceptors (Lipinski definition) is 3. The van der Waals surface area contributed by atoms with Crippen molar-refractivity contribution in [3.05, 3.63) is 23.8 Å². The first kappa shape index (κ1) is 16.3. The van der Waals surface area contributed by atoms with E-state index in [1.807, 2.05) is 0 Å². The number of hydrogen-bond donors (Lipinski definition) is 2. The lowest BCUT2D eigenvalue weighted by Gasteiger charge is -2.18. The minimum Gasteiger partial charge on any atom is -0.497 e. The summed E-state index contributed by atoms with van der Waals surface area (Å²) in [6.07, 6.45) is 6.02. The number of amidine groups is 1. The van der Waals surface area contributed by atoms with Crippen LogP contribution in [0.2, 0.25) is 0 Å². The molecule has 1 unspecified atom stereocenters. The molecule has 4 heteroatoms. The summed E-state index contributed by atoms with van der Waals surface area (Å²) >= 11 is 0. The van der Waals surface area contributed by atoms with Gasteiger partial charge in [-0.1, -0.05) is 26.2 Å². The molecule has 1 aromatic carbocycles. The lowest BCUT2D eigenvalue weighted by Crippen LogP contribution is -2.17. The highest BCUT2D eigenvalue weighted by Gasteiger charge is 2.12. The Bertz CT molecular complexity index is 432. The summed E-state index contributed by atoms with van der Waals surface area (Å²) in [5.74, 6) is 1.35. The fourth-order valence-corrected chi connectivity index (χ4v) is 2.08. The first-order chi connectivity index (χ1) is 9.58. The Morgan fingerprint density at radius 3 is 2.65 bits per heavy atom. The van der Waals surface area contributed by atoms with Gasteiger partial charge >= 0.3 is 0 Å². The summed E-state index contributed by atoms with van der Waals surface area (Å²) in [7, 11) is 1.61. The van der Waals surface area contributed by atoms with E-state index in [0.29, 0.717) is 17.1 Å². The van der Waals surface area contributed by atoms with E-state index in [2.05, 4.69) is 13.8 Å². The van der Waals surface area contributed by atoms with Crippen LogP contribution in [0.4, 0.5) is 0 Å². The molecule has 0 bridgehead atoms. The first-order valence-corrected chi connectivity index (χ1v) is 7.27. The van der Waals surface area contributed by atoms with Crippen LogP contribution in [0, 0.1) is 5.41 Å². The second-order valence-electron chi connectivity index (χ2n) is 5.05. The zero-order valence-corrected chi connectivity index (χ0v) is 12.7. The predicted octanol–water partition coefficient (Wildman–Crippen LogP) is 3.72. The molecule has 0 saturated carbocycles. The third-order valence-corrected chi connectivity index (χ3v) is 3.27. The largest absolute Gasteiger partial charge is 0.497 e. The fraction of sp³-hybridized carbons (Fsp3) is 0.562. The number of nitrogen functional groups attached to an aromatic ring is 1. The Kier molecular flexibility index (Phi) is 6.91. The molecule has 0 spiro atoms. The van der Waals surface area contributed by atoms with Gasteiger partial charge in [0, 0.05) is 6.07 Å². The Labute approximate surface area is 121 Å². The molecule has 112 valence electrons. The van der Waals surface area contributed by atoms with Crippen molar-refractivity contribution >= 4 is 5.84 Å². The van der Waals surface area contributed by atoms with Crippen LogP contribution >= 0.6 is 0 Å². The molecule has 0 fully saturated rings. The number of nitrogens with two attached hydrogens (primary N) is 1. The van der Waals surface area contributed by atoms with Crippen LogP contribution in [-0.4, -0.2) is 19.0 Å². The zero-order chi connectivity index (χ0) is 15.0. The van der Waals surface area contributed by atoms with Crippen molar-refractivity contribution in [2.24, 2.45) is 5.73 Å². The van der Waals surface area contributed by atoms with Crippen LogP contribution in [0.3, 0.4) is 0 Å². The molecule has 0 aliphatic heterocycles. The minimum absolute atomic E-state index is 0.0147. The van der Waals surface area contributed by atoms with Gasteiger partial charge in [0.1, 0.15) is 17.3 Å². The molecule has 0 aliphatic rings. The van der Waals surface area contributed by atoms with Gasteiger partial charge in [0.15, 0.2) is 0 Å². The van der Waals surface area contributed by atoms with Crippen molar-refractivity contribution in [3.8, 4) is 11.5 Å². The summed E-state index contributed by atoms with van der Waals surface area (Å²) < 4.78 is 11.1. The quantitative estimate of drug-likeness (QED) is 0.411. The molecule has 0 aromatic heterocycles. The lowest BCUT2D eigenvalue weighted by molar-refractivity contribution is 0.205. The number of methoxy groups -OCH3 is 1. The van der Waals surface area contributed by atoms with Crippen LogP contribution in [-0.2, 0) is 0 Å². The standard InChI is InChI=1S/C16H26N2O2/c1-4-5-6-7-8-12(2)20-15-11-13(19-3)9-10-14(15)16(17)18/h9-12H,4-8H2,1-3H3,(H3,17,18). The average molecular weight is 278 g/mol. The zero-order valence-electron chi connectivity index (χ0n) is 12.7. The van der Waals surface area contributed by atoms with Crippen molar-refractivity contribution in [2.45, 2.75) is 52.1 Å². The van der Waals surface area contributed by atoms with Crippen LogP contribution < -0.4 is 15.2 Å². The predicted molar refractivity (Wildman–Crippen MR) is 82.9 cm³/mol. The van der Waals surface area contributed by atoms with E-state index in [0.717, 1.165) is 12.8 Å². The van der Waals surface area contributed by atoms with E-state index in [4.69, 9.17) is 20.6 Å². The van der Waals surface area contributed by atoms with Gasteiger partial charge in [-0.25, -0.2) is 0 Å². The molecule has 0 saturated heterocycles. The van der Waals surface area contributed by atoms with Crippen molar-refractivity contribution in [1.29, 1.82) is 5.41 Å². The highest BCUT2D eigenvalue weighted by molar-refractivity contribution is 5.97. The van der Waals surface area contributed by atoms with E-state index in [1.54, 1.807) is 25.3 Å². The molecule has 1 aromatic rings. The van der Waals surface area contributed by atoms with Crippen molar-refractivity contribution < 1.29 is 9.47 Å². The molecule has 4 nitrogen and oxygen atoms in total. The monoisotopic (exact) mass is 278 g/mol. The highest BCUT2D eigenvalue weighted by Crippen LogP contribution is 2.26. The molecule has 1 rings (SSSR count). The molecule has 20 heavy (non-hydrogen) atoms. The Morgan fingerprint density at radius 2 is 2.05 bits per heavy atom. The number of nitrogens with one attached hydrogen (secondary N) is 1. The fourth-order valence-electron chi connectivity index (χ4n) is 2.08. The second-order valence-corrected chi connectivity index (χ2v) is 5.05. The van der Waals surface area contributed by atoms with Crippen molar-refractivity contribution in [2.75, 3.05) is 7.11 Å². The molecular weight excluding hydrogens is 252 g/mol. The SMILES string of the molecule is CCCCCCC(C)Oc1cc(OC)ccc1C(=N)N. The average Bonchev–Trinajstić information content (AvgIpc) is 2.43. The number of ether oxygens (including phenoxy) is 2. The molecule has 0 aliphatic carbocycles. The van der Waals surface area contributed by atoms with Crippen LogP contribution in [0.5, 0.6) is 11.5 Å². The van der Waals surface area contributed by atoms with Gasteiger partial charge < -0.3 is 15.2 Å². The van der Waals surface area contributed by atoms with Gasteiger partial charge in [0.05, 0.1) is 18.8 Å². The Hall–Kier alpha value is -1.71. The maximum Gasteiger partial charge on any atom is 0.134 e. The van der Waals surface area contributed by atoms with Crippen LogP contribution in [0.15, 0.2) is 18.2 Å². The molecule has 3 N–H and O–H groups in total. The minimum atomic E-state index is 0.0147. The second kappa shape index (κ2) is 8.46. The maximum atomic E-state index is 7.60. The summed E-state index contributed by atoms with van der Waals surface area (Å²) in [5, 5.41) is 7.60. The summed E-state index contributed by atoms with van der Waals surface area (Å²) in [4.78, 5) is 0. The molecule has 0 heterocycles. The smallest absolute Gasteiger partial charge is 0.134 e. The lowest BCUT2D eigenvalue weighted by atomic mass is 10.1. The molecule has 0 amide bonds. The van der Waals surface area contributed by atoms with Gasteiger partial charge in [0.2, 0.25) is 0 Å². The van der Waals surface area contributed by atoms with E-state index in [9.17, 15) is 0 Å². The maximum absolute atomic E-state index is 7.60. The normalized spacial score (nSPS) is 11.9. The van der Waals surface area contributed by atoms with E-state index in [1.165, 1.54) is 19.3 Å². The van der Waals surface area contributed by atoms with Crippen LogP contribution in [0.25, 0.3) is 0 Å². The topological polar surface area (TPSA) is 68.3 Å². The van der Waals surface area contributed by atoms with E-state index >= 15 is 0 Å². The third-order valence-electron chi connectivity index (χ3n) is 3.27. The van der Waals surface area contributed by atoms with Gasteiger partial charge in [-0.2, -0.15) is 0 Å². The summed E-state index contributed by atoms with van der Waals surface area (Å²) in [5.41, 5.74) is 6.20. The van der Waals surface area contributed by atoms with Crippen LogP contribution in [0.1, 0.15) is 51.5 Å². The first-order valence-electron chi connectivity index (χ1n) is 7.27. The van der Waals surface area contributed by atoms with Gasteiger partial charge in [-0.05, 0) is 31.9 Å². The Morgan fingerprint density at radius 1 is 1.30 bits per heavy atom. The Balaban J connectivity index is 2.66.